The number of carbonyl (C=O) groups is 1. The van der Waals surface area contributed by atoms with E-state index in [1.54, 1.807) is 0 Å². The highest BCUT2D eigenvalue weighted by molar-refractivity contribution is 5.95. The van der Waals surface area contributed by atoms with Crippen molar-refractivity contribution in [2.45, 2.75) is 39.7 Å². The predicted molar refractivity (Wildman–Crippen MR) is 103 cm³/mol. The van der Waals surface area contributed by atoms with Gasteiger partial charge in [0.15, 0.2) is 6.61 Å². The fourth-order valence-corrected chi connectivity index (χ4v) is 2.67. The summed E-state index contributed by atoms with van der Waals surface area (Å²) in [6, 6.07) is 12.0. The topological polar surface area (TPSA) is 62.4 Å². The van der Waals surface area contributed by atoms with Gasteiger partial charge in [-0.1, -0.05) is 6.92 Å². The number of carbonyl (C=O) groups excluding carboxylic acids is 1. The molecule has 0 saturated heterocycles. The molecule has 1 amide bonds. The highest BCUT2D eigenvalue weighted by atomic mass is 16.5. The van der Waals surface area contributed by atoms with Crippen molar-refractivity contribution in [2.75, 3.05) is 22.6 Å². The third-order valence-electron chi connectivity index (χ3n) is 4.49. The molecule has 3 N–H and O–H groups in total. The quantitative estimate of drug-likeness (QED) is 0.741. The third-order valence-corrected chi connectivity index (χ3v) is 4.49. The second-order valence-electron chi connectivity index (χ2n) is 7.06. The number of hydrogen-bond donors (Lipinski definition) is 3. The van der Waals surface area contributed by atoms with Crippen LogP contribution >= 0.6 is 0 Å². The van der Waals surface area contributed by atoms with Crippen LogP contribution in [0, 0.1) is 6.92 Å². The molecule has 0 aliphatic carbocycles. The lowest BCUT2D eigenvalue weighted by atomic mass is 10.0. The van der Waals surface area contributed by atoms with E-state index in [9.17, 15) is 4.79 Å². The van der Waals surface area contributed by atoms with Crippen LogP contribution in [0.1, 0.15) is 32.8 Å². The largest absolute Gasteiger partial charge is 0.482 e. The Labute approximate surface area is 148 Å². The average molecular weight is 339 g/mol. The molecule has 5 nitrogen and oxygen atoms in total. The van der Waals surface area contributed by atoms with Crippen LogP contribution in [0.3, 0.4) is 0 Å². The van der Waals surface area contributed by atoms with E-state index >= 15 is 0 Å². The van der Waals surface area contributed by atoms with Gasteiger partial charge in [-0.2, -0.15) is 0 Å². The van der Waals surface area contributed by atoms with Crippen molar-refractivity contribution in [3.05, 3.63) is 42.0 Å². The number of benzene rings is 2. The lowest BCUT2D eigenvalue weighted by molar-refractivity contribution is -0.118. The van der Waals surface area contributed by atoms with E-state index in [2.05, 4.69) is 61.8 Å². The Morgan fingerprint density at radius 1 is 1.16 bits per heavy atom. The maximum Gasteiger partial charge on any atom is 0.262 e. The van der Waals surface area contributed by atoms with Crippen molar-refractivity contribution in [3.63, 3.8) is 0 Å². The van der Waals surface area contributed by atoms with Crippen LogP contribution < -0.4 is 20.7 Å². The lowest BCUT2D eigenvalue weighted by Gasteiger charge is -2.26. The van der Waals surface area contributed by atoms with E-state index < -0.39 is 0 Å². The molecule has 2 aromatic carbocycles. The van der Waals surface area contributed by atoms with Crippen molar-refractivity contribution < 1.29 is 9.53 Å². The van der Waals surface area contributed by atoms with Gasteiger partial charge < -0.3 is 20.7 Å². The van der Waals surface area contributed by atoms with Crippen LogP contribution in [0.4, 0.5) is 22.7 Å². The molecule has 0 aromatic heterocycles. The molecule has 0 bridgehead atoms. The molecule has 1 aliphatic rings. The van der Waals surface area contributed by atoms with Crippen LogP contribution in [-0.2, 0) is 4.79 Å². The summed E-state index contributed by atoms with van der Waals surface area (Å²) in [5.74, 6) is 0.562. The number of nitrogens with one attached hydrogen (secondary N) is 3. The minimum atomic E-state index is -0.123. The first-order valence-electron chi connectivity index (χ1n) is 8.59. The van der Waals surface area contributed by atoms with Gasteiger partial charge in [-0.05, 0) is 63.1 Å². The summed E-state index contributed by atoms with van der Waals surface area (Å²) in [6.07, 6.45) is 1.05. The highest BCUT2D eigenvalue weighted by Crippen LogP contribution is 2.33. The second-order valence-corrected chi connectivity index (χ2v) is 7.06. The summed E-state index contributed by atoms with van der Waals surface area (Å²) in [4.78, 5) is 11.3. The van der Waals surface area contributed by atoms with Gasteiger partial charge in [0.1, 0.15) is 5.75 Å². The van der Waals surface area contributed by atoms with Crippen LogP contribution in [0.5, 0.6) is 5.75 Å². The van der Waals surface area contributed by atoms with Gasteiger partial charge in [0, 0.05) is 28.7 Å². The monoisotopic (exact) mass is 339 g/mol. The van der Waals surface area contributed by atoms with E-state index in [1.807, 2.05) is 18.2 Å². The molecular formula is C20H25N3O2. The fourth-order valence-electron chi connectivity index (χ4n) is 2.67. The molecule has 0 fully saturated rings. The van der Waals surface area contributed by atoms with Crippen molar-refractivity contribution >= 4 is 28.7 Å². The second kappa shape index (κ2) is 6.67. The zero-order valence-corrected chi connectivity index (χ0v) is 15.2. The Balaban J connectivity index is 1.76. The number of aryl methyl sites for hydroxylation is 1. The maximum absolute atomic E-state index is 11.3. The Kier molecular flexibility index (Phi) is 4.57. The lowest BCUT2D eigenvalue weighted by Crippen LogP contribution is -2.29. The molecule has 1 aliphatic heterocycles. The molecule has 0 radical (unpaired) electrons. The number of ether oxygens (including phenoxy) is 1. The molecule has 3 rings (SSSR count). The molecule has 0 unspecified atom stereocenters. The summed E-state index contributed by atoms with van der Waals surface area (Å²) >= 11 is 0. The summed E-state index contributed by atoms with van der Waals surface area (Å²) in [7, 11) is 0. The Morgan fingerprint density at radius 3 is 2.64 bits per heavy atom. The van der Waals surface area contributed by atoms with Gasteiger partial charge in [-0.25, -0.2) is 0 Å². The average Bonchev–Trinajstić information content (AvgIpc) is 2.57. The van der Waals surface area contributed by atoms with E-state index in [0.29, 0.717) is 11.4 Å². The third kappa shape index (κ3) is 4.05. The van der Waals surface area contributed by atoms with Gasteiger partial charge in [0.2, 0.25) is 0 Å². The van der Waals surface area contributed by atoms with Crippen molar-refractivity contribution in [1.29, 1.82) is 0 Å². The zero-order chi connectivity index (χ0) is 18.0. The molecular weight excluding hydrogens is 314 g/mol. The van der Waals surface area contributed by atoms with Gasteiger partial charge in [0.05, 0.1) is 5.69 Å². The van der Waals surface area contributed by atoms with Crippen LogP contribution in [0.2, 0.25) is 0 Å². The summed E-state index contributed by atoms with van der Waals surface area (Å²) in [6.45, 7) is 8.71. The van der Waals surface area contributed by atoms with Crippen molar-refractivity contribution in [3.8, 4) is 5.75 Å². The maximum atomic E-state index is 11.3. The first-order chi connectivity index (χ1) is 11.9. The highest BCUT2D eigenvalue weighted by Gasteiger charge is 2.17. The van der Waals surface area contributed by atoms with Gasteiger partial charge in [-0.15, -0.1) is 0 Å². The first kappa shape index (κ1) is 17.1. The minimum absolute atomic E-state index is 0.0586. The predicted octanol–water partition coefficient (Wildman–Crippen LogP) is 4.67. The molecule has 25 heavy (non-hydrogen) atoms. The molecule has 5 heteroatoms. The Morgan fingerprint density at radius 2 is 1.92 bits per heavy atom. The van der Waals surface area contributed by atoms with E-state index in [1.165, 1.54) is 0 Å². The summed E-state index contributed by atoms with van der Waals surface area (Å²) in [5, 5.41) is 9.77. The van der Waals surface area contributed by atoms with Crippen LogP contribution in [0.15, 0.2) is 36.4 Å². The molecule has 0 spiro atoms. The molecule has 132 valence electrons. The van der Waals surface area contributed by atoms with Crippen molar-refractivity contribution in [2.24, 2.45) is 0 Å². The fraction of sp³-hybridized carbons (Fsp3) is 0.350. The molecule has 0 atom stereocenters. The Bertz CT molecular complexity index is 800. The van der Waals surface area contributed by atoms with Gasteiger partial charge >= 0.3 is 0 Å². The number of hydrogen-bond acceptors (Lipinski definition) is 4. The first-order valence-corrected chi connectivity index (χ1v) is 8.59. The summed E-state index contributed by atoms with van der Waals surface area (Å²) in [5.41, 5.74) is 5.02. The number of rotatable bonds is 5. The number of fused-ring (bicyclic) bond motifs is 1. The van der Waals surface area contributed by atoms with E-state index in [4.69, 9.17) is 4.74 Å². The molecule has 0 saturated carbocycles. The minimum Gasteiger partial charge on any atom is -0.482 e. The molecule has 2 aromatic rings. The number of amides is 1. The van der Waals surface area contributed by atoms with Crippen molar-refractivity contribution in [1.82, 2.24) is 0 Å². The van der Waals surface area contributed by atoms with E-state index in [-0.39, 0.29) is 18.1 Å². The standard InChI is InChI=1S/C20H25N3O2/c1-5-20(3,4)23-15-7-8-16(13(2)10-15)21-14-6-9-17-18(11-14)25-12-19(24)22-17/h6-11,21,23H,5,12H2,1-4H3,(H,22,24). The number of anilines is 4. The smallest absolute Gasteiger partial charge is 0.262 e. The summed E-state index contributed by atoms with van der Waals surface area (Å²) < 4.78 is 5.47. The molecule has 1 heterocycles. The van der Waals surface area contributed by atoms with E-state index in [0.717, 1.165) is 29.0 Å². The van der Waals surface area contributed by atoms with Crippen LogP contribution in [-0.4, -0.2) is 18.1 Å². The Hall–Kier alpha value is -2.69. The zero-order valence-electron chi connectivity index (χ0n) is 15.2. The van der Waals surface area contributed by atoms with Crippen LogP contribution in [0.25, 0.3) is 0 Å². The van der Waals surface area contributed by atoms with Gasteiger partial charge in [-0.3, -0.25) is 4.79 Å². The van der Waals surface area contributed by atoms with Gasteiger partial charge in [0.25, 0.3) is 5.91 Å². The normalized spacial score (nSPS) is 13.5. The SMILES string of the molecule is CCC(C)(C)Nc1ccc(Nc2ccc3c(c2)OCC(=O)N3)c(C)c1.